The van der Waals surface area contributed by atoms with Gasteiger partial charge in [0.25, 0.3) is 5.91 Å². The first kappa shape index (κ1) is 19.9. The second-order valence-corrected chi connectivity index (χ2v) is 7.98. The molecule has 0 saturated carbocycles. The van der Waals surface area contributed by atoms with E-state index < -0.39 is 11.9 Å². The number of amides is 1. The lowest BCUT2D eigenvalue weighted by Gasteiger charge is -2.10. The number of rotatable bonds is 3. The Morgan fingerprint density at radius 1 is 1.07 bits per heavy atom. The van der Waals surface area contributed by atoms with Crippen LogP contribution in [-0.4, -0.2) is 22.1 Å². The van der Waals surface area contributed by atoms with Gasteiger partial charge in [-0.3, -0.25) is 10.1 Å². The van der Waals surface area contributed by atoms with Crippen LogP contribution in [0.15, 0.2) is 36.4 Å². The van der Waals surface area contributed by atoms with Crippen LogP contribution in [0.25, 0.3) is 10.1 Å². The van der Waals surface area contributed by atoms with E-state index in [1.807, 2.05) is 0 Å². The predicted molar refractivity (Wildman–Crippen MR) is 114 cm³/mol. The van der Waals surface area contributed by atoms with Crippen molar-refractivity contribution in [2.45, 2.75) is 0 Å². The van der Waals surface area contributed by atoms with Crippen molar-refractivity contribution in [3.05, 3.63) is 61.9 Å². The molecule has 0 aliphatic carbocycles. The Bertz CT molecular complexity index is 1100. The van der Waals surface area contributed by atoms with E-state index in [4.69, 9.17) is 52.1 Å². The van der Waals surface area contributed by atoms with Crippen molar-refractivity contribution in [2.24, 2.45) is 0 Å². The van der Waals surface area contributed by atoms with Gasteiger partial charge in [-0.25, -0.2) is 4.79 Å². The quantitative estimate of drug-likeness (QED) is 0.439. The molecule has 0 atom stereocenters. The van der Waals surface area contributed by atoms with E-state index in [0.29, 0.717) is 20.6 Å². The van der Waals surface area contributed by atoms with E-state index in [1.54, 1.807) is 24.3 Å². The van der Waals surface area contributed by atoms with Crippen molar-refractivity contribution in [2.75, 3.05) is 5.32 Å². The smallest absolute Gasteiger partial charge is 0.337 e. The highest BCUT2D eigenvalue weighted by molar-refractivity contribution is 7.80. The molecule has 2 aromatic carbocycles. The number of aromatic carboxylic acids is 1. The molecule has 0 fully saturated rings. The van der Waals surface area contributed by atoms with Crippen LogP contribution in [0.2, 0.25) is 15.1 Å². The van der Waals surface area contributed by atoms with Crippen LogP contribution >= 0.6 is 58.4 Å². The molecule has 1 heterocycles. The number of hydrogen-bond donors (Lipinski definition) is 3. The SMILES string of the molecule is O=C(O)c1cc(NC(=S)NC(=O)c2sc3cc(Cl)ccc3c2Cl)ccc1Cl. The van der Waals surface area contributed by atoms with Crippen molar-refractivity contribution < 1.29 is 14.7 Å². The fourth-order valence-electron chi connectivity index (χ4n) is 2.27. The molecule has 3 aromatic rings. The molecule has 0 bridgehead atoms. The Balaban J connectivity index is 1.77. The third kappa shape index (κ3) is 4.34. The molecule has 1 amide bonds. The molecule has 0 saturated heterocycles. The van der Waals surface area contributed by atoms with Crippen LogP contribution in [0.5, 0.6) is 0 Å². The summed E-state index contributed by atoms with van der Waals surface area (Å²) < 4.78 is 0.778. The maximum absolute atomic E-state index is 12.5. The van der Waals surface area contributed by atoms with Gasteiger partial charge in [-0.2, -0.15) is 0 Å². The van der Waals surface area contributed by atoms with E-state index in [2.05, 4.69) is 10.6 Å². The number of anilines is 1. The standard InChI is InChI=1S/C17H9Cl3N2O3S2/c18-7-1-3-9-12(5-7)27-14(13(9)20)15(23)22-17(26)21-8-2-4-11(19)10(6-8)16(24)25/h1-6H,(H,24,25)(H2,21,22,23,26). The van der Waals surface area contributed by atoms with Crippen molar-refractivity contribution >= 4 is 91.1 Å². The number of carbonyl (C=O) groups excluding carboxylic acids is 1. The summed E-state index contributed by atoms with van der Waals surface area (Å²) in [5, 5.41) is 16.0. The van der Waals surface area contributed by atoms with Gasteiger partial charge in [0.1, 0.15) is 4.88 Å². The first-order chi connectivity index (χ1) is 12.8. The monoisotopic (exact) mass is 458 g/mol. The van der Waals surface area contributed by atoms with Gasteiger partial charge < -0.3 is 10.4 Å². The minimum absolute atomic E-state index is 0.00906. The highest BCUT2D eigenvalue weighted by Crippen LogP contribution is 2.36. The normalized spacial score (nSPS) is 10.6. The second-order valence-electron chi connectivity index (χ2n) is 5.29. The van der Waals surface area contributed by atoms with Gasteiger partial charge in [0.15, 0.2) is 5.11 Å². The minimum Gasteiger partial charge on any atom is -0.478 e. The molecular weight excluding hydrogens is 451 g/mol. The lowest BCUT2D eigenvalue weighted by molar-refractivity contribution is 0.0697. The summed E-state index contributed by atoms with van der Waals surface area (Å²) in [4.78, 5) is 23.9. The van der Waals surface area contributed by atoms with Crippen LogP contribution in [0.1, 0.15) is 20.0 Å². The Morgan fingerprint density at radius 3 is 2.52 bits per heavy atom. The van der Waals surface area contributed by atoms with Crippen LogP contribution in [0.4, 0.5) is 5.69 Å². The molecule has 0 radical (unpaired) electrons. The van der Waals surface area contributed by atoms with E-state index >= 15 is 0 Å². The van der Waals surface area contributed by atoms with Gasteiger partial charge in [-0.1, -0.05) is 40.9 Å². The average Bonchev–Trinajstić information content (AvgIpc) is 2.92. The molecule has 5 nitrogen and oxygen atoms in total. The van der Waals surface area contributed by atoms with Crippen molar-refractivity contribution in [1.82, 2.24) is 5.32 Å². The summed E-state index contributed by atoms with van der Waals surface area (Å²) in [7, 11) is 0. The molecule has 138 valence electrons. The van der Waals surface area contributed by atoms with Crippen molar-refractivity contribution in [3.63, 3.8) is 0 Å². The summed E-state index contributed by atoms with van der Waals surface area (Å²) in [5.74, 6) is -1.66. The fraction of sp³-hybridized carbons (Fsp3) is 0. The highest BCUT2D eigenvalue weighted by atomic mass is 35.5. The van der Waals surface area contributed by atoms with E-state index in [0.717, 1.165) is 10.1 Å². The van der Waals surface area contributed by atoms with Crippen LogP contribution in [-0.2, 0) is 0 Å². The lowest BCUT2D eigenvalue weighted by atomic mass is 10.2. The average molecular weight is 460 g/mol. The number of carbonyl (C=O) groups is 2. The van der Waals surface area contributed by atoms with Crippen LogP contribution in [0, 0.1) is 0 Å². The van der Waals surface area contributed by atoms with Gasteiger partial charge >= 0.3 is 5.97 Å². The molecule has 0 unspecified atom stereocenters. The molecule has 27 heavy (non-hydrogen) atoms. The van der Waals surface area contributed by atoms with Gasteiger partial charge in [0, 0.05) is 20.8 Å². The maximum atomic E-state index is 12.5. The van der Waals surface area contributed by atoms with Crippen LogP contribution < -0.4 is 10.6 Å². The lowest BCUT2D eigenvalue weighted by Crippen LogP contribution is -2.33. The Morgan fingerprint density at radius 2 is 1.81 bits per heavy atom. The topological polar surface area (TPSA) is 78.4 Å². The number of carboxylic acid groups (broad SMARTS) is 1. The zero-order valence-corrected chi connectivity index (χ0v) is 17.1. The van der Waals surface area contributed by atoms with Gasteiger partial charge in [-0.05, 0) is 42.5 Å². The van der Waals surface area contributed by atoms with E-state index in [-0.39, 0.29) is 15.7 Å². The summed E-state index contributed by atoms with van der Waals surface area (Å²) in [6.45, 7) is 0. The number of halogens is 3. The summed E-state index contributed by atoms with van der Waals surface area (Å²) >= 11 is 24.4. The Labute approximate surface area is 177 Å². The molecule has 3 N–H and O–H groups in total. The predicted octanol–water partition coefficient (Wildman–Crippen LogP) is 5.69. The van der Waals surface area contributed by atoms with Crippen molar-refractivity contribution in [3.8, 4) is 0 Å². The first-order valence-electron chi connectivity index (χ1n) is 7.29. The first-order valence-corrected chi connectivity index (χ1v) is 9.65. The number of hydrogen-bond acceptors (Lipinski definition) is 4. The molecular formula is C17H9Cl3N2O3S2. The number of carboxylic acids is 1. The largest absolute Gasteiger partial charge is 0.478 e. The number of thiocarbonyl (C=S) groups is 1. The van der Waals surface area contributed by atoms with Gasteiger partial charge in [0.05, 0.1) is 15.6 Å². The zero-order valence-electron chi connectivity index (χ0n) is 13.2. The zero-order chi connectivity index (χ0) is 19.7. The summed E-state index contributed by atoms with van der Waals surface area (Å²) in [6.07, 6.45) is 0. The van der Waals surface area contributed by atoms with Gasteiger partial charge in [-0.15, -0.1) is 11.3 Å². The molecule has 0 aliphatic rings. The van der Waals surface area contributed by atoms with E-state index in [1.165, 1.54) is 23.5 Å². The molecule has 10 heteroatoms. The summed E-state index contributed by atoms with van der Waals surface area (Å²) in [6, 6.07) is 9.44. The molecule has 0 aliphatic heterocycles. The van der Waals surface area contributed by atoms with Crippen molar-refractivity contribution in [1.29, 1.82) is 0 Å². The molecule has 3 rings (SSSR count). The third-order valence-corrected chi connectivity index (χ3v) is 5.90. The van der Waals surface area contributed by atoms with Crippen LogP contribution in [0.3, 0.4) is 0 Å². The molecule has 1 aromatic heterocycles. The Hall–Kier alpha value is -1.90. The summed E-state index contributed by atoms with van der Waals surface area (Å²) in [5.41, 5.74) is 0.288. The minimum atomic E-state index is -1.17. The second kappa shape index (κ2) is 8.00. The number of benzene rings is 2. The number of nitrogens with one attached hydrogen (secondary N) is 2. The Kier molecular flexibility index (Phi) is 5.88. The maximum Gasteiger partial charge on any atom is 0.337 e. The van der Waals surface area contributed by atoms with E-state index in [9.17, 15) is 9.59 Å². The number of fused-ring (bicyclic) bond motifs is 1. The third-order valence-electron chi connectivity index (χ3n) is 3.48. The van der Waals surface area contributed by atoms with Gasteiger partial charge in [0.2, 0.25) is 0 Å². The number of thiophene rings is 1. The highest BCUT2D eigenvalue weighted by Gasteiger charge is 2.18. The fourth-order valence-corrected chi connectivity index (χ4v) is 4.37. The molecule has 0 spiro atoms.